The van der Waals surface area contributed by atoms with Crippen LogP contribution >= 0.6 is 22.9 Å². The van der Waals surface area contributed by atoms with Gasteiger partial charge in [-0.2, -0.15) is 0 Å². The van der Waals surface area contributed by atoms with Crippen LogP contribution in [-0.2, 0) is 4.79 Å². The average molecular weight is 359 g/mol. The predicted octanol–water partition coefficient (Wildman–Crippen LogP) is 4.87. The maximum Gasteiger partial charge on any atom is 0.266 e. The first-order chi connectivity index (χ1) is 11.6. The molecule has 3 rings (SSSR count). The average Bonchev–Trinajstić information content (AvgIpc) is 3.04. The summed E-state index contributed by atoms with van der Waals surface area (Å²) in [6.45, 7) is 1.70. The standard InChI is InChI=1S/C18H15ClN2O2S/c1-12(23-13-7-3-2-4-8-13)17(22)21-18-20-16(11-24-18)14-9-5-6-10-15(14)19/h2-12H,1H3,(H,20,21,22). The van der Waals surface area contributed by atoms with Crippen LogP contribution in [-0.4, -0.2) is 17.0 Å². The predicted molar refractivity (Wildman–Crippen MR) is 97.7 cm³/mol. The zero-order chi connectivity index (χ0) is 16.9. The quantitative estimate of drug-likeness (QED) is 0.707. The lowest BCUT2D eigenvalue weighted by Crippen LogP contribution is -2.30. The number of amides is 1. The SMILES string of the molecule is CC(Oc1ccccc1)C(=O)Nc1nc(-c2ccccc2Cl)cs1. The summed E-state index contributed by atoms with van der Waals surface area (Å²) < 4.78 is 5.60. The highest BCUT2D eigenvalue weighted by atomic mass is 35.5. The summed E-state index contributed by atoms with van der Waals surface area (Å²) in [5.41, 5.74) is 1.57. The van der Waals surface area contributed by atoms with Gasteiger partial charge in [-0.1, -0.05) is 48.0 Å². The first kappa shape index (κ1) is 16.5. The number of carbonyl (C=O) groups excluding carboxylic acids is 1. The van der Waals surface area contributed by atoms with Gasteiger partial charge in [-0.25, -0.2) is 4.98 Å². The summed E-state index contributed by atoms with van der Waals surface area (Å²) in [5.74, 6) is 0.398. The maximum atomic E-state index is 12.2. The number of rotatable bonds is 5. The Morgan fingerprint density at radius 1 is 1.17 bits per heavy atom. The van der Waals surface area contributed by atoms with E-state index >= 15 is 0 Å². The van der Waals surface area contributed by atoms with E-state index in [0.717, 1.165) is 11.3 Å². The molecule has 0 bridgehead atoms. The molecule has 1 aromatic heterocycles. The van der Waals surface area contributed by atoms with Crippen molar-refractivity contribution in [3.8, 4) is 17.0 Å². The van der Waals surface area contributed by atoms with Gasteiger partial charge in [0.15, 0.2) is 11.2 Å². The number of nitrogens with one attached hydrogen (secondary N) is 1. The molecule has 0 saturated carbocycles. The van der Waals surface area contributed by atoms with Crippen molar-refractivity contribution in [2.45, 2.75) is 13.0 Å². The normalized spacial score (nSPS) is 11.8. The number of nitrogens with zero attached hydrogens (tertiary/aromatic N) is 1. The zero-order valence-corrected chi connectivity index (χ0v) is 14.5. The highest BCUT2D eigenvalue weighted by Gasteiger charge is 2.17. The lowest BCUT2D eigenvalue weighted by molar-refractivity contribution is -0.122. The number of ether oxygens (including phenoxy) is 1. The Morgan fingerprint density at radius 3 is 2.62 bits per heavy atom. The van der Waals surface area contributed by atoms with Gasteiger partial charge in [0, 0.05) is 16.0 Å². The minimum atomic E-state index is -0.625. The van der Waals surface area contributed by atoms with Crippen molar-refractivity contribution in [1.82, 2.24) is 4.98 Å². The fourth-order valence-electron chi connectivity index (χ4n) is 2.09. The Balaban J connectivity index is 1.66. The molecule has 0 aliphatic carbocycles. The molecule has 122 valence electrons. The third-order valence-electron chi connectivity index (χ3n) is 3.31. The summed E-state index contributed by atoms with van der Waals surface area (Å²) in [5, 5.41) is 5.77. The van der Waals surface area contributed by atoms with Gasteiger partial charge in [-0.15, -0.1) is 11.3 Å². The smallest absolute Gasteiger partial charge is 0.266 e. The molecule has 0 fully saturated rings. The number of halogens is 1. The van der Waals surface area contributed by atoms with Gasteiger partial charge in [0.2, 0.25) is 0 Å². The first-order valence-corrected chi connectivity index (χ1v) is 8.62. The summed E-state index contributed by atoms with van der Waals surface area (Å²) in [4.78, 5) is 16.7. The fourth-order valence-corrected chi connectivity index (χ4v) is 3.03. The van der Waals surface area contributed by atoms with Gasteiger partial charge in [0.1, 0.15) is 5.75 Å². The summed E-state index contributed by atoms with van der Waals surface area (Å²) in [6.07, 6.45) is -0.625. The summed E-state index contributed by atoms with van der Waals surface area (Å²) >= 11 is 7.52. The van der Waals surface area contributed by atoms with E-state index in [2.05, 4.69) is 10.3 Å². The molecule has 1 unspecified atom stereocenters. The van der Waals surface area contributed by atoms with Crippen LogP contribution in [0.15, 0.2) is 60.0 Å². The van der Waals surface area contributed by atoms with E-state index in [9.17, 15) is 4.79 Å². The van der Waals surface area contributed by atoms with Crippen LogP contribution in [0.25, 0.3) is 11.3 Å². The molecule has 1 heterocycles. The number of aromatic nitrogens is 1. The van der Waals surface area contributed by atoms with Gasteiger partial charge in [-0.05, 0) is 25.1 Å². The highest BCUT2D eigenvalue weighted by molar-refractivity contribution is 7.14. The third kappa shape index (κ3) is 3.93. The Kier molecular flexibility index (Phi) is 5.13. The molecular formula is C18H15ClN2O2S. The molecule has 0 spiro atoms. The van der Waals surface area contributed by atoms with Crippen LogP contribution in [0.1, 0.15) is 6.92 Å². The summed E-state index contributed by atoms with van der Waals surface area (Å²) in [6, 6.07) is 16.7. The van der Waals surface area contributed by atoms with Crippen LogP contribution in [0.2, 0.25) is 5.02 Å². The summed E-state index contributed by atoms with van der Waals surface area (Å²) in [7, 11) is 0. The van der Waals surface area contributed by atoms with Crippen LogP contribution in [0.5, 0.6) is 5.75 Å². The van der Waals surface area contributed by atoms with Crippen molar-refractivity contribution < 1.29 is 9.53 Å². The van der Waals surface area contributed by atoms with E-state index in [-0.39, 0.29) is 5.91 Å². The second-order valence-electron chi connectivity index (χ2n) is 5.08. The molecule has 1 atom stereocenters. The molecule has 6 heteroatoms. The van der Waals surface area contributed by atoms with E-state index in [1.807, 2.05) is 60.0 Å². The van der Waals surface area contributed by atoms with E-state index < -0.39 is 6.10 Å². The molecule has 0 aliphatic heterocycles. The largest absolute Gasteiger partial charge is 0.481 e. The highest BCUT2D eigenvalue weighted by Crippen LogP contribution is 2.30. The van der Waals surface area contributed by atoms with Crippen molar-refractivity contribution in [1.29, 1.82) is 0 Å². The molecule has 0 radical (unpaired) electrons. The van der Waals surface area contributed by atoms with Crippen molar-refractivity contribution in [2.24, 2.45) is 0 Å². The van der Waals surface area contributed by atoms with E-state index in [1.165, 1.54) is 11.3 Å². The third-order valence-corrected chi connectivity index (χ3v) is 4.40. The molecular weight excluding hydrogens is 344 g/mol. The Bertz CT molecular complexity index is 836. The Hall–Kier alpha value is -2.37. The number of hydrogen-bond acceptors (Lipinski definition) is 4. The number of para-hydroxylation sites is 1. The minimum Gasteiger partial charge on any atom is -0.481 e. The van der Waals surface area contributed by atoms with Crippen LogP contribution in [0.4, 0.5) is 5.13 Å². The topological polar surface area (TPSA) is 51.2 Å². The van der Waals surface area contributed by atoms with Crippen molar-refractivity contribution in [2.75, 3.05) is 5.32 Å². The molecule has 0 aliphatic rings. The zero-order valence-electron chi connectivity index (χ0n) is 12.9. The van der Waals surface area contributed by atoms with E-state index in [0.29, 0.717) is 15.9 Å². The Labute approximate surface area is 149 Å². The van der Waals surface area contributed by atoms with Gasteiger partial charge < -0.3 is 4.74 Å². The van der Waals surface area contributed by atoms with Gasteiger partial charge in [0.25, 0.3) is 5.91 Å². The number of hydrogen-bond donors (Lipinski definition) is 1. The Morgan fingerprint density at radius 2 is 1.88 bits per heavy atom. The second kappa shape index (κ2) is 7.47. The minimum absolute atomic E-state index is 0.251. The van der Waals surface area contributed by atoms with Crippen LogP contribution in [0, 0.1) is 0 Å². The first-order valence-electron chi connectivity index (χ1n) is 7.36. The number of benzene rings is 2. The van der Waals surface area contributed by atoms with E-state index in [1.54, 1.807) is 6.92 Å². The van der Waals surface area contributed by atoms with Gasteiger partial charge >= 0.3 is 0 Å². The molecule has 1 amide bonds. The monoisotopic (exact) mass is 358 g/mol. The second-order valence-corrected chi connectivity index (χ2v) is 6.35. The van der Waals surface area contributed by atoms with E-state index in [4.69, 9.17) is 16.3 Å². The number of thiazole rings is 1. The van der Waals surface area contributed by atoms with Crippen molar-refractivity contribution in [3.05, 3.63) is 65.0 Å². The molecule has 2 aromatic carbocycles. The molecule has 3 aromatic rings. The van der Waals surface area contributed by atoms with Crippen LogP contribution < -0.4 is 10.1 Å². The van der Waals surface area contributed by atoms with Gasteiger partial charge in [-0.3, -0.25) is 10.1 Å². The molecule has 4 nitrogen and oxygen atoms in total. The molecule has 0 saturated heterocycles. The molecule has 24 heavy (non-hydrogen) atoms. The lowest BCUT2D eigenvalue weighted by Gasteiger charge is -2.13. The number of anilines is 1. The lowest BCUT2D eigenvalue weighted by atomic mass is 10.2. The maximum absolute atomic E-state index is 12.2. The van der Waals surface area contributed by atoms with Crippen molar-refractivity contribution >= 4 is 34.0 Å². The molecule has 1 N–H and O–H groups in total. The van der Waals surface area contributed by atoms with Crippen molar-refractivity contribution in [3.63, 3.8) is 0 Å². The van der Waals surface area contributed by atoms with Gasteiger partial charge in [0.05, 0.1) is 5.69 Å². The fraction of sp³-hybridized carbons (Fsp3) is 0.111. The number of carbonyl (C=O) groups is 1. The van der Waals surface area contributed by atoms with Crippen LogP contribution in [0.3, 0.4) is 0 Å².